The van der Waals surface area contributed by atoms with E-state index in [9.17, 15) is 9.90 Å². The Morgan fingerprint density at radius 1 is 1.36 bits per heavy atom. The normalized spacial score (nSPS) is 24.0. The summed E-state index contributed by atoms with van der Waals surface area (Å²) in [5.74, 6) is 0.485. The minimum Gasteiger partial charge on any atom is -0.490 e. The number of hydrogen-bond acceptors (Lipinski definition) is 5. The number of nitrogens with zero attached hydrogens (tertiary/aromatic N) is 1. The fourth-order valence-electron chi connectivity index (χ4n) is 2.85. The summed E-state index contributed by atoms with van der Waals surface area (Å²) in [7, 11) is 0. The summed E-state index contributed by atoms with van der Waals surface area (Å²) in [6.45, 7) is 7.92. The van der Waals surface area contributed by atoms with Crippen LogP contribution in [0.4, 0.5) is 0 Å². The number of β-amino-alcohol motifs (C(OH)–C–C–N with tert-alkyl or cyclic N) is 1. The Balaban J connectivity index is 1.85. The van der Waals surface area contributed by atoms with Crippen molar-refractivity contribution < 1.29 is 19.4 Å². The molecule has 5 heteroatoms. The van der Waals surface area contributed by atoms with Gasteiger partial charge >= 0.3 is 0 Å². The van der Waals surface area contributed by atoms with Gasteiger partial charge < -0.3 is 14.6 Å². The molecule has 3 atom stereocenters. The second-order valence-electron chi connectivity index (χ2n) is 5.99. The molecule has 0 aliphatic carbocycles. The molecule has 1 saturated heterocycles. The molecular formula is C17H25NO4. The Labute approximate surface area is 131 Å². The summed E-state index contributed by atoms with van der Waals surface area (Å²) in [4.78, 5) is 13.7. The first kappa shape index (κ1) is 16.9. The number of rotatable bonds is 6. The van der Waals surface area contributed by atoms with Crippen LogP contribution in [0.3, 0.4) is 0 Å². The van der Waals surface area contributed by atoms with Gasteiger partial charge in [0.2, 0.25) is 0 Å². The van der Waals surface area contributed by atoms with E-state index in [1.807, 2.05) is 19.9 Å². The van der Waals surface area contributed by atoms with E-state index in [-0.39, 0.29) is 24.6 Å². The van der Waals surface area contributed by atoms with Crippen LogP contribution in [0.2, 0.25) is 0 Å². The van der Waals surface area contributed by atoms with Gasteiger partial charge in [0, 0.05) is 19.6 Å². The number of aliphatic hydroxyl groups excluding tert-OH is 1. The van der Waals surface area contributed by atoms with E-state index in [1.165, 1.54) is 6.92 Å². The summed E-state index contributed by atoms with van der Waals surface area (Å²) in [5, 5.41) is 10.2. The highest BCUT2D eigenvalue weighted by Crippen LogP contribution is 2.19. The molecule has 1 aromatic rings. The van der Waals surface area contributed by atoms with Crippen LogP contribution in [-0.2, 0) is 4.74 Å². The van der Waals surface area contributed by atoms with Gasteiger partial charge in [0.25, 0.3) is 0 Å². The molecule has 1 aliphatic rings. The third kappa shape index (κ3) is 4.80. The van der Waals surface area contributed by atoms with Crippen LogP contribution < -0.4 is 4.74 Å². The van der Waals surface area contributed by atoms with E-state index in [1.54, 1.807) is 18.2 Å². The second-order valence-corrected chi connectivity index (χ2v) is 5.99. The van der Waals surface area contributed by atoms with Crippen LogP contribution >= 0.6 is 0 Å². The smallest absolute Gasteiger partial charge is 0.163 e. The van der Waals surface area contributed by atoms with Crippen molar-refractivity contribution in [3.63, 3.8) is 0 Å². The number of carbonyl (C=O) groups is 1. The number of ether oxygens (including phenoxy) is 2. The van der Waals surface area contributed by atoms with E-state index in [0.29, 0.717) is 17.9 Å². The predicted molar refractivity (Wildman–Crippen MR) is 84.4 cm³/mol. The lowest BCUT2D eigenvalue weighted by Crippen LogP contribution is -2.48. The summed E-state index contributed by atoms with van der Waals surface area (Å²) >= 11 is 0. The minimum atomic E-state index is -0.600. The van der Waals surface area contributed by atoms with Gasteiger partial charge in [-0.05, 0) is 32.9 Å². The number of morpholine rings is 1. The van der Waals surface area contributed by atoms with Gasteiger partial charge in [-0.3, -0.25) is 9.69 Å². The summed E-state index contributed by atoms with van der Waals surface area (Å²) in [6, 6.07) is 7.10. The SMILES string of the molecule is CC(=O)c1ccccc1OC[C@H](O)CN1C[C@H](C)O[C@@H](C)C1. The average Bonchev–Trinajstić information content (AvgIpc) is 2.44. The van der Waals surface area contributed by atoms with E-state index >= 15 is 0 Å². The third-order valence-electron chi connectivity index (χ3n) is 3.66. The van der Waals surface area contributed by atoms with Gasteiger partial charge in [-0.25, -0.2) is 0 Å². The topological polar surface area (TPSA) is 59.0 Å². The molecule has 0 saturated carbocycles. The maximum atomic E-state index is 11.5. The molecule has 0 unspecified atom stereocenters. The molecule has 1 N–H and O–H groups in total. The molecule has 22 heavy (non-hydrogen) atoms. The Hall–Kier alpha value is -1.43. The van der Waals surface area contributed by atoms with Crippen LogP contribution in [-0.4, -0.2) is 60.3 Å². The average molecular weight is 307 g/mol. The molecule has 5 nitrogen and oxygen atoms in total. The number of para-hydroxylation sites is 1. The van der Waals surface area contributed by atoms with E-state index in [4.69, 9.17) is 9.47 Å². The number of aliphatic hydroxyl groups is 1. The minimum absolute atomic E-state index is 0.0408. The lowest BCUT2D eigenvalue weighted by Gasteiger charge is -2.36. The van der Waals surface area contributed by atoms with Crippen molar-refractivity contribution in [3.8, 4) is 5.75 Å². The van der Waals surface area contributed by atoms with Crippen LogP contribution in [0.1, 0.15) is 31.1 Å². The second kappa shape index (κ2) is 7.72. The first-order valence-electron chi connectivity index (χ1n) is 7.74. The van der Waals surface area contributed by atoms with Gasteiger partial charge in [-0.15, -0.1) is 0 Å². The van der Waals surface area contributed by atoms with Crippen LogP contribution in [0, 0.1) is 0 Å². The number of carbonyl (C=O) groups excluding carboxylic acids is 1. The molecule has 0 bridgehead atoms. The summed E-state index contributed by atoms with van der Waals surface area (Å²) in [5.41, 5.74) is 0.545. The highest BCUT2D eigenvalue weighted by atomic mass is 16.5. The number of ketones is 1. The molecule has 1 fully saturated rings. The highest BCUT2D eigenvalue weighted by Gasteiger charge is 2.24. The Kier molecular flexibility index (Phi) is 5.94. The van der Waals surface area contributed by atoms with Crippen molar-refractivity contribution in [2.24, 2.45) is 0 Å². The highest BCUT2D eigenvalue weighted by molar-refractivity contribution is 5.96. The monoisotopic (exact) mass is 307 g/mol. The van der Waals surface area contributed by atoms with Crippen molar-refractivity contribution in [3.05, 3.63) is 29.8 Å². The van der Waals surface area contributed by atoms with Gasteiger partial charge in [0.05, 0.1) is 17.8 Å². The predicted octanol–water partition coefficient (Wildman–Crippen LogP) is 1.74. The third-order valence-corrected chi connectivity index (χ3v) is 3.66. The summed E-state index contributed by atoms with van der Waals surface area (Å²) < 4.78 is 11.3. The molecule has 0 spiro atoms. The molecule has 1 aliphatic heterocycles. The molecule has 122 valence electrons. The van der Waals surface area contributed by atoms with Crippen molar-refractivity contribution in [1.29, 1.82) is 0 Å². The standard InChI is InChI=1S/C17H25NO4/c1-12-8-18(9-13(2)22-12)10-15(20)11-21-17-7-5-4-6-16(17)14(3)19/h4-7,12-13,15,20H,8-11H2,1-3H3/t12-,13-,15+/m0/s1. The van der Waals surface area contributed by atoms with E-state index in [2.05, 4.69) is 4.90 Å². The van der Waals surface area contributed by atoms with Crippen molar-refractivity contribution in [2.45, 2.75) is 39.1 Å². The number of benzene rings is 1. The number of Topliss-reactive ketones (excluding diaryl/α,β-unsaturated/α-hetero) is 1. The van der Waals surface area contributed by atoms with Crippen molar-refractivity contribution in [2.75, 3.05) is 26.2 Å². The lowest BCUT2D eigenvalue weighted by molar-refractivity contribution is -0.0787. The zero-order valence-corrected chi connectivity index (χ0v) is 13.5. The van der Waals surface area contributed by atoms with Crippen molar-refractivity contribution >= 4 is 5.78 Å². The maximum absolute atomic E-state index is 11.5. The molecule has 0 radical (unpaired) electrons. The zero-order valence-electron chi connectivity index (χ0n) is 13.5. The van der Waals surface area contributed by atoms with Gasteiger partial charge in [-0.2, -0.15) is 0 Å². The fraction of sp³-hybridized carbons (Fsp3) is 0.588. The summed E-state index contributed by atoms with van der Waals surface area (Å²) in [6.07, 6.45) is -0.247. The molecular weight excluding hydrogens is 282 g/mol. The quantitative estimate of drug-likeness (QED) is 0.811. The first-order chi connectivity index (χ1) is 10.5. The Morgan fingerprint density at radius 2 is 2.00 bits per heavy atom. The van der Waals surface area contributed by atoms with Crippen LogP contribution in [0.5, 0.6) is 5.75 Å². The fourth-order valence-corrected chi connectivity index (χ4v) is 2.85. The molecule has 0 amide bonds. The van der Waals surface area contributed by atoms with Crippen LogP contribution in [0.15, 0.2) is 24.3 Å². The number of hydrogen-bond donors (Lipinski definition) is 1. The maximum Gasteiger partial charge on any atom is 0.163 e. The van der Waals surface area contributed by atoms with E-state index in [0.717, 1.165) is 13.1 Å². The lowest BCUT2D eigenvalue weighted by atomic mass is 10.1. The largest absolute Gasteiger partial charge is 0.490 e. The molecule has 2 rings (SSSR count). The Morgan fingerprint density at radius 3 is 2.64 bits per heavy atom. The molecule has 1 aromatic carbocycles. The van der Waals surface area contributed by atoms with Gasteiger partial charge in [0.1, 0.15) is 18.5 Å². The molecule has 1 heterocycles. The van der Waals surface area contributed by atoms with Crippen LogP contribution in [0.25, 0.3) is 0 Å². The zero-order chi connectivity index (χ0) is 16.1. The van der Waals surface area contributed by atoms with Gasteiger partial charge in [0.15, 0.2) is 5.78 Å². The van der Waals surface area contributed by atoms with Gasteiger partial charge in [-0.1, -0.05) is 12.1 Å². The van der Waals surface area contributed by atoms with E-state index < -0.39 is 6.10 Å². The first-order valence-corrected chi connectivity index (χ1v) is 7.74. The van der Waals surface area contributed by atoms with Crippen molar-refractivity contribution in [1.82, 2.24) is 4.90 Å². The molecule has 0 aromatic heterocycles. The Bertz CT molecular complexity index is 495.